The summed E-state index contributed by atoms with van der Waals surface area (Å²) in [6.45, 7) is 3.04. The SMILES string of the molecule is CCCNC(C#N)(CSc1ccc(Cl)cc1)C1CC1. The molecule has 2 nitrogen and oxygen atoms in total. The lowest BCUT2D eigenvalue weighted by atomic mass is 9.97. The first-order valence-electron chi connectivity index (χ1n) is 6.75. The molecule has 1 unspecified atom stereocenters. The van der Waals surface area contributed by atoms with Gasteiger partial charge in [0.1, 0.15) is 5.54 Å². The van der Waals surface area contributed by atoms with Crippen LogP contribution >= 0.6 is 23.4 Å². The number of nitrogens with one attached hydrogen (secondary N) is 1. The van der Waals surface area contributed by atoms with Crippen molar-refractivity contribution >= 4 is 23.4 Å². The normalized spacial score (nSPS) is 17.7. The predicted octanol–water partition coefficient (Wildman–Crippen LogP) is 4.10. The van der Waals surface area contributed by atoms with Gasteiger partial charge < -0.3 is 0 Å². The van der Waals surface area contributed by atoms with Crippen LogP contribution in [0.25, 0.3) is 0 Å². The average Bonchev–Trinajstić information content (AvgIpc) is 3.26. The van der Waals surface area contributed by atoms with E-state index in [0.29, 0.717) is 5.92 Å². The second-order valence-corrected chi connectivity index (χ2v) is 6.51. The van der Waals surface area contributed by atoms with Crippen LogP contribution in [0.15, 0.2) is 29.2 Å². The Balaban J connectivity index is 2.00. The number of nitriles is 1. The third-order valence-corrected chi connectivity index (χ3v) is 4.90. The van der Waals surface area contributed by atoms with Crippen molar-refractivity contribution in [1.82, 2.24) is 5.32 Å². The second-order valence-electron chi connectivity index (χ2n) is 5.03. The van der Waals surface area contributed by atoms with Gasteiger partial charge in [-0.15, -0.1) is 11.8 Å². The number of halogens is 1. The van der Waals surface area contributed by atoms with E-state index in [-0.39, 0.29) is 5.54 Å². The average molecular weight is 295 g/mol. The molecule has 0 aliphatic heterocycles. The minimum atomic E-state index is -0.361. The molecule has 0 heterocycles. The van der Waals surface area contributed by atoms with Gasteiger partial charge in [0, 0.05) is 15.7 Å². The Morgan fingerprint density at radius 1 is 1.42 bits per heavy atom. The molecule has 1 aromatic carbocycles. The standard InChI is InChI=1S/C15H19ClN2S/c1-2-9-18-15(10-17,12-3-4-12)11-19-14-7-5-13(16)6-8-14/h5-8,12,18H,2-4,9,11H2,1H3. The maximum atomic E-state index is 9.59. The zero-order valence-electron chi connectivity index (χ0n) is 11.2. The predicted molar refractivity (Wildman–Crippen MR) is 81.5 cm³/mol. The van der Waals surface area contributed by atoms with Crippen molar-refractivity contribution in [3.8, 4) is 6.07 Å². The summed E-state index contributed by atoms with van der Waals surface area (Å²) in [6, 6.07) is 10.4. The van der Waals surface area contributed by atoms with Crippen LogP contribution < -0.4 is 5.32 Å². The van der Waals surface area contributed by atoms with E-state index in [9.17, 15) is 5.26 Å². The highest BCUT2D eigenvalue weighted by molar-refractivity contribution is 7.99. The Bertz CT molecular complexity index is 450. The molecule has 0 saturated heterocycles. The van der Waals surface area contributed by atoms with Crippen LogP contribution in [0.2, 0.25) is 5.02 Å². The van der Waals surface area contributed by atoms with E-state index in [1.165, 1.54) is 17.7 Å². The van der Waals surface area contributed by atoms with Gasteiger partial charge in [0.2, 0.25) is 0 Å². The second kappa shape index (κ2) is 6.65. The monoisotopic (exact) mass is 294 g/mol. The highest BCUT2D eigenvalue weighted by atomic mass is 35.5. The summed E-state index contributed by atoms with van der Waals surface area (Å²) in [7, 11) is 0. The molecule has 102 valence electrons. The molecule has 4 heteroatoms. The third-order valence-electron chi connectivity index (χ3n) is 3.44. The van der Waals surface area contributed by atoms with Gasteiger partial charge in [-0.3, -0.25) is 5.32 Å². The topological polar surface area (TPSA) is 35.8 Å². The Morgan fingerprint density at radius 3 is 2.63 bits per heavy atom. The van der Waals surface area contributed by atoms with Crippen molar-refractivity contribution in [3.63, 3.8) is 0 Å². The molecular weight excluding hydrogens is 276 g/mol. The largest absolute Gasteiger partial charge is 0.298 e. The summed E-state index contributed by atoms with van der Waals surface area (Å²) >= 11 is 7.62. The van der Waals surface area contributed by atoms with Crippen molar-refractivity contribution in [2.45, 2.75) is 36.6 Å². The minimum Gasteiger partial charge on any atom is -0.298 e. The van der Waals surface area contributed by atoms with Crippen LogP contribution in [-0.2, 0) is 0 Å². The van der Waals surface area contributed by atoms with E-state index >= 15 is 0 Å². The summed E-state index contributed by atoms with van der Waals surface area (Å²) in [5.74, 6) is 1.32. The van der Waals surface area contributed by atoms with Crippen molar-refractivity contribution in [1.29, 1.82) is 5.26 Å². The van der Waals surface area contributed by atoms with Gasteiger partial charge in [0.05, 0.1) is 6.07 Å². The minimum absolute atomic E-state index is 0.361. The molecule has 1 saturated carbocycles. The smallest absolute Gasteiger partial charge is 0.119 e. The van der Waals surface area contributed by atoms with E-state index < -0.39 is 0 Å². The summed E-state index contributed by atoms with van der Waals surface area (Å²) < 4.78 is 0. The summed E-state index contributed by atoms with van der Waals surface area (Å²) in [5.41, 5.74) is -0.361. The van der Waals surface area contributed by atoms with Crippen LogP contribution in [0.5, 0.6) is 0 Å². The van der Waals surface area contributed by atoms with Gasteiger partial charge in [0.15, 0.2) is 0 Å². The van der Waals surface area contributed by atoms with E-state index in [4.69, 9.17) is 11.6 Å². The molecule has 0 radical (unpaired) electrons. The maximum absolute atomic E-state index is 9.59. The highest BCUT2D eigenvalue weighted by Gasteiger charge is 2.45. The lowest BCUT2D eigenvalue weighted by molar-refractivity contribution is 0.406. The molecule has 1 fully saturated rings. The zero-order chi connectivity index (χ0) is 13.7. The van der Waals surface area contributed by atoms with Crippen LogP contribution in [-0.4, -0.2) is 17.8 Å². The summed E-state index contributed by atoms with van der Waals surface area (Å²) in [5, 5.41) is 13.8. The quantitative estimate of drug-likeness (QED) is 0.769. The number of nitrogens with zero attached hydrogens (tertiary/aromatic N) is 1. The van der Waals surface area contributed by atoms with Crippen molar-refractivity contribution < 1.29 is 0 Å². The highest BCUT2D eigenvalue weighted by Crippen LogP contribution is 2.42. The van der Waals surface area contributed by atoms with Crippen LogP contribution in [0.4, 0.5) is 0 Å². The van der Waals surface area contributed by atoms with E-state index in [0.717, 1.165) is 23.7 Å². The molecule has 19 heavy (non-hydrogen) atoms. The Morgan fingerprint density at radius 2 is 2.11 bits per heavy atom. The lowest BCUT2D eigenvalue weighted by Crippen LogP contribution is -2.48. The molecule has 2 rings (SSSR count). The number of hydrogen-bond acceptors (Lipinski definition) is 3. The van der Waals surface area contributed by atoms with Crippen LogP contribution in [0.3, 0.4) is 0 Å². The van der Waals surface area contributed by atoms with Gasteiger partial charge in [-0.1, -0.05) is 18.5 Å². The lowest BCUT2D eigenvalue weighted by Gasteiger charge is -2.27. The maximum Gasteiger partial charge on any atom is 0.119 e. The molecule has 1 aliphatic carbocycles. The fourth-order valence-corrected chi connectivity index (χ4v) is 3.38. The number of benzene rings is 1. The molecule has 0 aromatic heterocycles. The Kier molecular flexibility index (Phi) is 5.15. The Hall–Kier alpha value is -0.690. The Labute approximate surface area is 124 Å². The molecule has 1 atom stereocenters. The number of thioether (sulfide) groups is 1. The van der Waals surface area contributed by atoms with Gasteiger partial charge in [-0.05, 0) is 56.0 Å². The van der Waals surface area contributed by atoms with Crippen molar-refractivity contribution in [2.24, 2.45) is 5.92 Å². The van der Waals surface area contributed by atoms with Gasteiger partial charge in [-0.25, -0.2) is 0 Å². The molecule has 1 aromatic rings. The molecule has 0 amide bonds. The van der Waals surface area contributed by atoms with Gasteiger partial charge in [0.25, 0.3) is 0 Å². The molecule has 0 spiro atoms. The molecule has 1 N–H and O–H groups in total. The van der Waals surface area contributed by atoms with Crippen LogP contribution in [0.1, 0.15) is 26.2 Å². The van der Waals surface area contributed by atoms with Crippen LogP contribution in [0, 0.1) is 17.2 Å². The zero-order valence-corrected chi connectivity index (χ0v) is 12.7. The number of rotatable bonds is 7. The first kappa shape index (κ1) is 14.7. The fourth-order valence-electron chi connectivity index (χ4n) is 2.13. The first-order chi connectivity index (χ1) is 9.20. The van der Waals surface area contributed by atoms with Gasteiger partial charge >= 0.3 is 0 Å². The number of hydrogen-bond donors (Lipinski definition) is 1. The van der Waals surface area contributed by atoms with Crippen molar-refractivity contribution in [2.75, 3.05) is 12.3 Å². The van der Waals surface area contributed by atoms with E-state index in [1.54, 1.807) is 11.8 Å². The summed E-state index contributed by atoms with van der Waals surface area (Å²) in [4.78, 5) is 1.17. The molecule has 1 aliphatic rings. The fraction of sp³-hybridized carbons (Fsp3) is 0.533. The molecular formula is C15H19ClN2S. The van der Waals surface area contributed by atoms with Crippen molar-refractivity contribution in [3.05, 3.63) is 29.3 Å². The summed E-state index contributed by atoms with van der Waals surface area (Å²) in [6.07, 6.45) is 3.40. The van der Waals surface area contributed by atoms with Gasteiger partial charge in [-0.2, -0.15) is 5.26 Å². The third kappa shape index (κ3) is 3.89. The molecule has 0 bridgehead atoms. The van der Waals surface area contributed by atoms with E-state index in [2.05, 4.69) is 18.3 Å². The first-order valence-corrected chi connectivity index (χ1v) is 8.11. The van der Waals surface area contributed by atoms with E-state index in [1.807, 2.05) is 24.3 Å².